The summed E-state index contributed by atoms with van der Waals surface area (Å²) in [6.07, 6.45) is 7.33. The van der Waals surface area contributed by atoms with Gasteiger partial charge in [0.15, 0.2) is 0 Å². The fourth-order valence-electron chi connectivity index (χ4n) is 4.61. The molecule has 1 saturated carbocycles. The molecule has 0 bridgehead atoms. The molecule has 2 fully saturated rings. The molecule has 2 aliphatic rings. The van der Waals surface area contributed by atoms with Crippen LogP contribution in [-0.2, 0) is 19.6 Å². The van der Waals surface area contributed by atoms with Gasteiger partial charge in [-0.3, -0.25) is 9.59 Å². The quantitative estimate of drug-likeness (QED) is 0.551. The third kappa shape index (κ3) is 7.02. The summed E-state index contributed by atoms with van der Waals surface area (Å²) in [6, 6.07) is 7.39. The lowest BCUT2D eigenvalue weighted by Gasteiger charge is -2.28. The van der Waals surface area contributed by atoms with Crippen LogP contribution in [0.2, 0.25) is 0 Å². The maximum atomic E-state index is 13.1. The molecule has 8 nitrogen and oxygen atoms in total. The van der Waals surface area contributed by atoms with Crippen molar-refractivity contribution in [2.24, 2.45) is 11.7 Å². The van der Waals surface area contributed by atoms with E-state index >= 15 is 0 Å². The van der Waals surface area contributed by atoms with E-state index in [2.05, 4.69) is 10.0 Å². The van der Waals surface area contributed by atoms with E-state index in [1.165, 1.54) is 24.2 Å². The van der Waals surface area contributed by atoms with Crippen LogP contribution in [0.5, 0.6) is 0 Å². The second-order valence-electron chi connectivity index (χ2n) is 8.86. The minimum atomic E-state index is -3.53. The summed E-state index contributed by atoms with van der Waals surface area (Å²) in [4.78, 5) is 27.5. The van der Waals surface area contributed by atoms with Crippen LogP contribution >= 0.6 is 0 Å². The molecule has 1 aromatic carbocycles. The van der Waals surface area contributed by atoms with Gasteiger partial charge in [-0.1, -0.05) is 49.6 Å². The third-order valence-corrected chi connectivity index (χ3v) is 6.90. The Balaban J connectivity index is 1.66. The van der Waals surface area contributed by atoms with Gasteiger partial charge in [0.1, 0.15) is 6.04 Å². The first-order valence-corrected chi connectivity index (χ1v) is 13.0. The van der Waals surface area contributed by atoms with Crippen LogP contribution in [-0.4, -0.2) is 56.6 Å². The SMILES string of the molecule is CS(=O)(=O)NC(CC(=O)N1C[C@H](N)C[C@H]1C(=O)NCC1CCCCC1)c1ccccc1. The van der Waals surface area contributed by atoms with Crippen LogP contribution in [0.4, 0.5) is 0 Å². The lowest BCUT2D eigenvalue weighted by molar-refractivity contribution is -0.138. The Morgan fingerprint density at radius 1 is 1.16 bits per heavy atom. The van der Waals surface area contributed by atoms with Gasteiger partial charge in [0.25, 0.3) is 0 Å². The van der Waals surface area contributed by atoms with Gasteiger partial charge in [-0.25, -0.2) is 13.1 Å². The normalized spacial score (nSPS) is 23.5. The lowest BCUT2D eigenvalue weighted by atomic mass is 9.89. The number of nitrogens with two attached hydrogens (primary N) is 1. The molecule has 1 aliphatic carbocycles. The highest BCUT2D eigenvalue weighted by Crippen LogP contribution is 2.25. The van der Waals surface area contributed by atoms with Gasteiger partial charge in [-0.2, -0.15) is 0 Å². The van der Waals surface area contributed by atoms with Crippen molar-refractivity contribution in [2.75, 3.05) is 19.3 Å². The number of nitrogens with one attached hydrogen (secondary N) is 2. The van der Waals surface area contributed by atoms with E-state index < -0.39 is 22.1 Å². The molecule has 1 aliphatic heterocycles. The van der Waals surface area contributed by atoms with Crippen molar-refractivity contribution in [3.8, 4) is 0 Å². The first-order valence-electron chi connectivity index (χ1n) is 11.1. The number of carbonyl (C=O) groups excluding carboxylic acids is 2. The second-order valence-corrected chi connectivity index (χ2v) is 10.6. The van der Waals surface area contributed by atoms with Crippen molar-refractivity contribution in [3.63, 3.8) is 0 Å². The molecule has 172 valence electrons. The van der Waals surface area contributed by atoms with E-state index in [1.807, 2.05) is 6.07 Å². The summed E-state index contributed by atoms with van der Waals surface area (Å²) < 4.78 is 26.3. The summed E-state index contributed by atoms with van der Waals surface area (Å²) in [5, 5.41) is 3.02. The van der Waals surface area contributed by atoms with Gasteiger partial charge in [-0.15, -0.1) is 0 Å². The van der Waals surface area contributed by atoms with Crippen LogP contribution in [0.15, 0.2) is 30.3 Å². The molecule has 4 N–H and O–H groups in total. The summed E-state index contributed by atoms with van der Waals surface area (Å²) in [6.45, 7) is 0.926. The van der Waals surface area contributed by atoms with Gasteiger partial charge in [0, 0.05) is 25.6 Å². The van der Waals surface area contributed by atoms with Crippen molar-refractivity contribution in [2.45, 2.75) is 63.1 Å². The van der Waals surface area contributed by atoms with E-state index in [1.54, 1.807) is 24.3 Å². The Kier molecular flexibility index (Phi) is 8.07. The Morgan fingerprint density at radius 2 is 1.84 bits per heavy atom. The van der Waals surface area contributed by atoms with E-state index in [0.29, 0.717) is 31.0 Å². The number of hydrogen-bond acceptors (Lipinski definition) is 5. The maximum Gasteiger partial charge on any atom is 0.242 e. The minimum absolute atomic E-state index is 0.0732. The monoisotopic (exact) mass is 450 g/mol. The molecule has 3 rings (SSSR count). The molecule has 3 atom stereocenters. The first kappa shape index (κ1) is 23.7. The van der Waals surface area contributed by atoms with E-state index in [4.69, 9.17) is 5.73 Å². The number of benzene rings is 1. The van der Waals surface area contributed by atoms with Crippen molar-refractivity contribution >= 4 is 21.8 Å². The molecule has 1 saturated heterocycles. The van der Waals surface area contributed by atoms with Gasteiger partial charge >= 0.3 is 0 Å². The van der Waals surface area contributed by atoms with Crippen molar-refractivity contribution in [1.29, 1.82) is 0 Å². The van der Waals surface area contributed by atoms with Crippen LogP contribution in [0, 0.1) is 5.92 Å². The zero-order valence-corrected chi connectivity index (χ0v) is 18.9. The standard InChI is InChI=1S/C22H34N4O4S/c1-31(29,30)25-19(17-10-6-3-7-11-17)13-21(27)26-15-18(23)12-20(26)22(28)24-14-16-8-4-2-5-9-16/h3,6-7,10-11,16,18-20,25H,2,4-5,8-9,12-15,23H2,1H3,(H,24,28)/t18-,19?,20+/m1/s1. The fraction of sp³-hybridized carbons (Fsp3) is 0.636. The number of nitrogens with zero attached hydrogens (tertiary/aromatic N) is 1. The van der Waals surface area contributed by atoms with Crippen molar-refractivity contribution < 1.29 is 18.0 Å². The average molecular weight is 451 g/mol. The fourth-order valence-corrected chi connectivity index (χ4v) is 5.35. The van der Waals surface area contributed by atoms with Crippen molar-refractivity contribution in [1.82, 2.24) is 14.9 Å². The second kappa shape index (κ2) is 10.6. The number of amides is 2. The first-order chi connectivity index (χ1) is 14.7. The van der Waals surface area contributed by atoms with Crippen LogP contribution in [0.3, 0.4) is 0 Å². The number of rotatable bonds is 8. The molecule has 0 spiro atoms. The summed E-state index contributed by atoms with van der Waals surface area (Å²) >= 11 is 0. The topological polar surface area (TPSA) is 122 Å². The molecule has 31 heavy (non-hydrogen) atoms. The number of likely N-dealkylation sites (tertiary alicyclic amines) is 1. The van der Waals surface area contributed by atoms with Crippen LogP contribution in [0.25, 0.3) is 0 Å². The van der Waals surface area contributed by atoms with Crippen LogP contribution in [0.1, 0.15) is 56.6 Å². The smallest absolute Gasteiger partial charge is 0.242 e. The highest BCUT2D eigenvalue weighted by molar-refractivity contribution is 7.88. The molecular weight excluding hydrogens is 416 g/mol. The Hall–Kier alpha value is -1.97. The maximum absolute atomic E-state index is 13.1. The minimum Gasteiger partial charge on any atom is -0.354 e. The van der Waals surface area contributed by atoms with Gasteiger partial charge in [0.2, 0.25) is 21.8 Å². The molecule has 1 heterocycles. The largest absolute Gasteiger partial charge is 0.354 e. The Bertz CT molecular complexity index is 856. The van der Waals surface area contributed by atoms with Gasteiger partial charge in [-0.05, 0) is 30.7 Å². The van der Waals surface area contributed by atoms with Gasteiger partial charge in [0.05, 0.1) is 12.3 Å². The van der Waals surface area contributed by atoms with Crippen molar-refractivity contribution in [3.05, 3.63) is 35.9 Å². The zero-order valence-electron chi connectivity index (χ0n) is 18.1. The van der Waals surface area contributed by atoms with E-state index in [9.17, 15) is 18.0 Å². The highest BCUT2D eigenvalue weighted by Gasteiger charge is 2.39. The predicted molar refractivity (Wildman–Crippen MR) is 119 cm³/mol. The molecule has 9 heteroatoms. The number of carbonyl (C=O) groups is 2. The molecule has 2 amide bonds. The average Bonchev–Trinajstić information content (AvgIpc) is 3.14. The summed E-state index contributed by atoms with van der Waals surface area (Å²) in [5.41, 5.74) is 6.79. The molecule has 1 unspecified atom stereocenters. The number of sulfonamides is 1. The molecule has 1 aromatic rings. The Labute approximate surface area is 185 Å². The summed E-state index contributed by atoms with van der Waals surface area (Å²) in [5.74, 6) is 0.0494. The van der Waals surface area contributed by atoms with Gasteiger partial charge < -0.3 is 16.0 Å². The molecule has 0 aromatic heterocycles. The van der Waals surface area contributed by atoms with E-state index in [0.717, 1.165) is 19.1 Å². The molecule has 0 radical (unpaired) electrons. The summed E-state index contributed by atoms with van der Waals surface area (Å²) in [7, 11) is -3.53. The predicted octanol–water partition coefficient (Wildman–Crippen LogP) is 1.29. The number of hydrogen-bond donors (Lipinski definition) is 3. The Morgan fingerprint density at radius 3 is 2.48 bits per heavy atom. The highest BCUT2D eigenvalue weighted by atomic mass is 32.2. The third-order valence-electron chi connectivity index (χ3n) is 6.18. The van der Waals surface area contributed by atoms with E-state index in [-0.39, 0.29) is 24.3 Å². The zero-order chi connectivity index (χ0) is 22.4. The molecular formula is C22H34N4O4S. The van der Waals surface area contributed by atoms with Crippen LogP contribution < -0.4 is 15.8 Å². The lowest BCUT2D eigenvalue weighted by Crippen LogP contribution is -2.47.